The number of ether oxygens (including phenoxy) is 2. The van der Waals surface area contributed by atoms with Crippen LogP contribution in [0.3, 0.4) is 0 Å². The molecule has 0 amide bonds. The average Bonchev–Trinajstić information content (AvgIpc) is 3.10. The number of carbonyl (C=O) groups is 2. The monoisotopic (exact) mass is 734 g/mol. The van der Waals surface area contributed by atoms with Crippen LogP contribution in [0.1, 0.15) is 156 Å². The number of esters is 2. The first-order valence-corrected chi connectivity index (χ1v) is 21.2. The largest absolute Gasteiger partial charge is 0.472 e. The molecule has 0 aromatic heterocycles. The molecule has 0 aliphatic carbocycles. The van der Waals surface area contributed by atoms with E-state index in [4.69, 9.17) is 18.5 Å². The summed E-state index contributed by atoms with van der Waals surface area (Å²) in [6.45, 7) is 5.22. The molecule has 2 atom stereocenters. The summed E-state index contributed by atoms with van der Waals surface area (Å²) in [4.78, 5) is 34.6. The van der Waals surface area contributed by atoms with Gasteiger partial charge in [0.1, 0.15) is 6.61 Å². The van der Waals surface area contributed by atoms with Crippen molar-refractivity contribution in [2.75, 3.05) is 19.8 Å². The predicted molar refractivity (Wildman–Crippen MR) is 211 cm³/mol. The van der Waals surface area contributed by atoms with Crippen LogP contribution in [0.25, 0.3) is 0 Å². The van der Waals surface area contributed by atoms with Crippen molar-refractivity contribution < 1.29 is 37.6 Å². The minimum atomic E-state index is -4.30. The lowest BCUT2D eigenvalue weighted by atomic mass is 10.1. The van der Waals surface area contributed by atoms with Crippen molar-refractivity contribution >= 4 is 19.8 Å². The zero-order chi connectivity index (χ0) is 37.5. The highest BCUT2D eigenvalue weighted by Crippen LogP contribution is 2.43. The van der Waals surface area contributed by atoms with Gasteiger partial charge in [0.25, 0.3) is 0 Å². The molecule has 0 heterocycles. The summed E-state index contributed by atoms with van der Waals surface area (Å²) in [6, 6.07) is 0. The molecule has 0 aliphatic heterocycles. The molecule has 0 saturated carbocycles. The summed E-state index contributed by atoms with van der Waals surface area (Å²) < 4.78 is 32.4. The molecule has 0 aliphatic rings. The highest BCUT2D eigenvalue weighted by atomic mass is 31.2. The number of phosphoric acid groups is 1. The summed E-state index contributed by atoms with van der Waals surface area (Å²) in [5, 5.41) is 0. The van der Waals surface area contributed by atoms with Gasteiger partial charge in [-0.25, -0.2) is 4.57 Å². The number of hydrogen-bond acceptors (Lipinski definition) is 7. The third-order valence-electron chi connectivity index (χ3n) is 7.76. The predicted octanol–water partition coefficient (Wildman–Crippen LogP) is 12.2. The van der Waals surface area contributed by atoms with E-state index in [9.17, 15) is 19.0 Å². The van der Waals surface area contributed by atoms with E-state index in [1.807, 2.05) is 12.2 Å². The van der Waals surface area contributed by atoms with Crippen LogP contribution in [0.15, 0.2) is 72.9 Å². The Kier molecular flexibility index (Phi) is 35.4. The van der Waals surface area contributed by atoms with E-state index in [1.54, 1.807) is 6.92 Å². The quantitative estimate of drug-likeness (QED) is 0.0297. The average molecular weight is 735 g/mol. The standard InChI is InChI=1S/C42H71O8P/c1-4-7-9-11-13-15-17-19-20-21-22-23-25-26-28-30-32-34-36-41(43)47-38-40(39-49-51(45,46)48-6-3)50-42(44)37-35-33-31-29-27-24-18-16-14-12-10-8-5-2/h8,10,14-17,20-21,24,27,31,33,40H,4-7,9,11-13,18-19,22-23,25-26,28-30,32,34-39H2,1-3H3,(H,45,46)/b10-8-,16-14-,17-15-,21-20-,27-24-,33-31-. The van der Waals surface area contributed by atoms with Crippen LogP contribution >= 0.6 is 7.82 Å². The van der Waals surface area contributed by atoms with E-state index in [0.29, 0.717) is 6.42 Å². The van der Waals surface area contributed by atoms with Gasteiger partial charge < -0.3 is 14.4 Å². The van der Waals surface area contributed by atoms with E-state index in [-0.39, 0.29) is 26.1 Å². The number of rotatable bonds is 35. The summed E-state index contributed by atoms with van der Waals surface area (Å²) in [5.74, 6) is -0.908. The molecule has 8 nitrogen and oxygen atoms in total. The van der Waals surface area contributed by atoms with Gasteiger partial charge in [-0.15, -0.1) is 0 Å². The van der Waals surface area contributed by atoms with Crippen LogP contribution in [0.2, 0.25) is 0 Å². The minimum absolute atomic E-state index is 0.0170. The highest BCUT2D eigenvalue weighted by Gasteiger charge is 2.25. The van der Waals surface area contributed by atoms with Crippen LogP contribution in [0, 0.1) is 0 Å². The molecule has 0 aromatic rings. The Bertz CT molecular complexity index is 1060. The van der Waals surface area contributed by atoms with Crippen molar-refractivity contribution in [2.45, 2.75) is 162 Å². The van der Waals surface area contributed by atoms with E-state index >= 15 is 0 Å². The molecular formula is C42H71O8P. The molecule has 0 radical (unpaired) electrons. The lowest BCUT2D eigenvalue weighted by molar-refractivity contribution is -0.161. The molecule has 0 bridgehead atoms. The Morgan fingerprint density at radius 2 is 1.04 bits per heavy atom. The second-order valence-electron chi connectivity index (χ2n) is 12.6. The van der Waals surface area contributed by atoms with Crippen LogP contribution in [-0.4, -0.2) is 42.8 Å². The third-order valence-corrected chi connectivity index (χ3v) is 8.82. The topological polar surface area (TPSA) is 108 Å². The molecule has 0 saturated heterocycles. The molecule has 0 spiro atoms. The molecule has 0 aromatic carbocycles. The SMILES string of the molecule is CC/C=C\C/C=C\C/C=C\C/C=C\CCC(=O)OC(COC(=O)CCCCCCCCC/C=C\C/C=C\CCCCCC)COP(=O)(O)OCC. The van der Waals surface area contributed by atoms with Crippen molar-refractivity contribution in [3.8, 4) is 0 Å². The molecule has 0 rings (SSSR count). The number of allylic oxidation sites excluding steroid dienone is 12. The van der Waals surface area contributed by atoms with Crippen molar-refractivity contribution in [2.24, 2.45) is 0 Å². The number of hydrogen-bond donors (Lipinski definition) is 1. The molecule has 292 valence electrons. The van der Waals surface area contributed by atoms with Gasteiger partial charge in [0.15, 0.2) is 6.10 Å². The Morgan fingerprint density at radius 3 is 1.59 bits per heavy atom. The highest BCUT2D eigenvalue weighted by molar-refractivity contribution is 7.47. The fourth-order valence-corrected chi connectivity index (χ4v) is 5.66. The Hall–Kier alpha value is -2.51. The second kappa shape index (κ2) is 37.3. The smallest absolute Gasteiger partial charge is 0.462 e. The zero-order valence-corrected chi connectivity index (χ0v) is 33.1. The maximum atomic E-state index is 12.5. The molecule has 0 fully saturated rings. The number of phosphoric ester groups is 1. The van der Waals surface area contributed by atoms with Gasteiger partial charge in [-0.1, -0.05) is 138 Å². The summed E-state index contributed by atoms with van der Waals surface area (Å²) >= 11 is 0. The fraction of sp³-hybridized carbons (Fsp3) is 0.667. The number of unbranched alkanes of at least 4 members (excludes halogenated alkanes) is 11. The van der Waals surface area contributed by atoms with Crippen LogP contribution in [-0.2, 0) is 32.7 Å². The van der Waals surface area contributed by atoms with Crippen LogP contribution in [0.5, 0.6) is 0 Å². The first-order valence-electron chi connectivity index (χ1n) is 19.7. The molecule has 1 N–H and O–H groups in total. The van der Waals surface area contributed by atoms with Gasteiger partial charge >= 0.3 is 19.8 Å². The Morgan fingerprint density at radius 1 is 0.549 bits per heavy atom. The maximum Gasteiger partial charge on any atom is 0.472 e. The van der Waals surface area contributed by atoms with Crippen LogP contribution in [0.4, 0.5) is 0 Å². The molecule has 9 heteroatoms. The second-order valence-corrected chi connectivity index (χ2v) is 14.0. The number of carbonyl (C=O) groups excluding carboxylic acids is 2. The van der Waals surface area contributed by atoms with Crippen LogP contribution < -0.4 is 0 Å². The maximum absolute atomic E-state index is 12.5. The summed E-state index contributed by atoms with van der Waals surface area (Å²) in [5.41, 5.74) is 0. The van der Waals surface area contributed by atoms with E-state index < -0.39 is 32.5 Å². The van der Waals surface area contributed by atoms with Gasteiger partial charge in [-0.05, 0) is 77.6 Å². The van der Waals surface area contributed by atoms with E-state index in [2.05, 4.69) is 74.6 Å². The van der Waals surface area contributed by atoms with Crippen molar-refractivity contribution in [3.63, 3.8) is 0 Å². The van der Waals surface area contributed by atoms with Crippen molar-refractivity contribution in [3.05, 3.63) is 72.9 Å². The Labute approximate surface area is 311 Å². The first kappa shape index (κ1) is 48.5. The molecular weight excluding hydrogens is 663 g/mol. The Balaban J connectivity index is 4.22. The summed E-state index contributed by atoms with van der Waals surface area (Å²) in [7, 11) is -4.30. The van der Waals surface area contributed by atoms with Gasteiger partial charge in [0.05, 0.1) is 13.2 Å². The minimum Gasteiger partial charge on any atom is -0.462 e. The van der Waals surface area contributed by atoms with E-state index in [1.165, 1.54) is 51.4 Å². The zero-order valence-electron chi connectivity index (χ0n) is 32.2. The van der Waals surface area contributed by atoms with Crippen molar-refractivity contribution in [1.82, 2.24) is 0 Å². The van der Waals surface area contributed by atoms with Crippen molar-refractivity contribution in [1.29, 1.82) is 0 Å². The lowest BCUT2D eigenvalue weighted by Gasteiger charge is -2.19. The summed E-state index contributed by atoms with van der Waals surface area (Å²) in [6.07, 6.45) is 45.4. The van der Waals surface area contributed by atoms with Gasteiger partial charge in [0.2, 0.25) is 0 Å². The van der Waals surface area contributed by atoms with Gasteiger partial charge in [0, 0.05) is 12.8 Å². The normalized spacial score (nSPS) is 14.2. The fourth-order valence-electron chi connectivity index (χ4n) is 4.91. The van der Waals surface area contributed by atoms with E-state index in [0.717, 1.165) is 64.2 Å². The molecule has 51 heavy (non-hydrogen) atoms. The van der Waals surface area contributed by atoms with Gasteiger partial charge in [-0.2, -0.15) is 0 Å². The van der Waals surface area contributed by atoms with Gasteiger partial charge in [-0.3, -0.25) is 18.6 Å². The lowest BCUT2D eigenvalue weighted by Crippen LogP contribution is -2.29. The molecule has 2 unspecified atom stereocenters. The third kappa shape index (κ3) is 37.1. The first-order chi connectivity index (χ1) is 24.8.